The van der Waals surface area contributed by atoms with Gasteiger partial charge in [0, 0.05) is 37.1 Å². The highest BCUT2D eigenvalue weighted by Gasteiger charge is 2.22. The quantitative estimate of drug-likeness (QED) is 0.700. The van der Waals surface area contributed by atoms with Gasteiger partial charge in [0.2, 0.25) is 0 Å². The molecule has 0 unspecified atom stereocenters. The first kappa shape index (κ1) is 17.2. The summed E-state index contributed by atoms with van der Waals surface area (Å²) in [6, 6.07) is 8.24. The SMILES string of the molecule is CCN1CCN(c2nc(C)nc3scc(-c4ccc(OC)cc4)c23)CC1. The van der Waals surface area contributed by atoms with E-state index in [0.717, 1.165) is 54.9 Å². The molecule has 4 rings (SSSR count). The molecule has 3 heterocycles. The lowest BCUT2D eigenvalue weighted by Gasteiger charge is -2.35. The standard InChI is InChI=1S/C20H24N4OS/c1-4-23-9-11-24(12-10-23)19-18-17(13-26-20(18)22-14(2)21-19)15-5-7-16(25-3)8-6-15/h5-8,13H,4,9-12H2,1-3H3. The van der Waals surface area contributed by atoms with Crippen molar-refractivity contribution < 1.29 is 4.74 Å². The second-order valence-corrected chi connectivity index (χ2v) is 7.43. The molecule has 0 bridgehead atoms. The van der Waals surface area contributed by atoms with Crippen molar-refractivity contribution >= 4 is 27.4 Å². The normalized spacial score (nSPS) is 15.6. The number of methoxy groups -OCH3 is 1. The molecule has 0 radical (unpaired) electrons. The maximum Gasteiger partial charge on any atom is 0.141 e. The first-order valence-electron chi connectivity index (χ1n) is 9.07. The number of hydrogen-bond acceptors (Lipinski definition) is 6. The molecule has 1 aliphatic heterocycles. The van der Waals surface area contributed by atoms with E-state index in [4.69, 9.17) is 9.72 Å². The summed E-state index contributed by atoms with van der Waals surface area (Å²) in [5.74, 6) is 2.79. The highest BCUT2D eigenvalue weighted by atomic mass is 32.1. The molecule has 1 fully saturated rings. The molecule has 26 heavy (non-hydrogen) atoms. The number of piperazine rings is 1. The van der Waals surface area contributed by atoms with Crippen LogP contribution < -0.4 is 9.64 Å². The van der Waals surface area contributed by atoms with Crippen molar-refractivity contribution in [2.45, 2.75) is 13.8 Å². The van der Waals surface area contributed by atoms with Crippen LogP contribution in [0.15, 0.2) is 29.6 Å². The number of aryl methyl sites for hydroxylation is 1. The number of anilines is 1. The van der Waals surface area contributed by atoms with Gasteiger partial charge in [-0.2, -0.15) is 0 Å². The zero-order valence-electron chi connectivity index (χ0n) is 15.5. The van der Waals surface area contributed by atoms with Gasteiger partial charge in [-0.05, 0) is 31.2 Å². The van der Waals surface area contributed by atoms with Gasteiger partial charge in [-0.3, -0.25) is 0 Å². The summed E-state index contributed by atoms with van der Waals surface area (Å²) in [7, 11) is 1.69. The highest BCUT2D eigenvalue weighted by Crippen LogP contribution is 2.39. The summed E-state index contributed by atoms with van der Waals surface area (Å²) >= 11 is 1.70. The molecule has 5 nitrogen and oxygen atoms in total. The van der Waals surface area contributed by atoms with Crippen LogP contribution >= 0.6 is 11.3 Å². The average Bonchev–Trinajstić information content (AvgIpc) is 3.11. The van der Waals surface area contributed by atoms with Gasteiger partial charge in [-0.15, -0.1) is 11.3 Å². The first-order chi connectivity index (χ1) is 12.7. The Kier molecular flexibility index (Phi) is 4.78. The van der Waals surface area contributed by atoms with Gasteiger partial charge in [0.1, 0.15) is 22.2 Å². The fourth-order valence-corrected chi connectivity index (χ4v) is 4.50. The molecule has 3 aromatic rings. The smallest absolute Gasteiger partial charge is 0.141 e. The van der Waals surface area contributed by atoms with E-state index in [-0.39, 0.29) is 0 Å². The van der Waals surface area contributed by atoms with Gasteiger partial charge in [-0.1, -0.05) is 19.1 Å². The molecule has 0 spiro atoms. The summed E-state index contributed by atoms with van der Waals surface area (Å²) in [4.78, 5) is 15.5. The van der Waals surface area contributed by atoms with Crippen LogP contribution in [0.4, 0.5) is 5.82 Å². The summed E-state index contributed by atoms with van der Waals surface area (Å²) < 4.78 is 5.29. The summed E-state index contributed by atoms with van der Waals surface area (Å²) in [5, 5.41) is 3.38. The van der Waals surface area contributed by atoms with Gasteiger partial charge in [-0.25, -0.2) is 9.97 Å². The molecule has 136 valence electrons. The van der Waals surface area contributed by atoms with Gasteiger partial charge in [0.15, 0.2) is 0 Å². The van der Waals surface area contributed by atoms with Gasteiger partial charge in [0.05, 0.1) is 12.5 Å². The minimum Gasteiger partial charge on any atom is -0.497 e. The Labute approximate surface area is 158 Å². The molecule has 1 aliphatic rings. The molecule has 0 amide bonds. The Morgan fingerprint density at radius 2 is 1.81 bits per heavy atom. The van der Waals surface area contributed by atoms with Crippen molar-refractivity contribution in [2.75, 3.05) is 44.7 Å². The van der Waals surface area contributed by atoms with Crippen LogP contribution in [0.2, 0.25) is 0 Å². The number of thiophene rings is 1. The Bertz CT molecular complexity index is 898. The number of benzene rings is 1. The van der Waals surface area contributed by atoms with Crippen LogP contribution in [-0.4, -0.2) is 54.7 Å². The molecule has 6 heteroatoms. The predicted molar refractivity (Wildman–Crippen MR) is 108 cm³/mol. The number of hydrogen-bond donors (Lipinski definition) is 0. The maximum absolute atomic E-state index is 5.29. The summed E-state index contributed by atoms with van der Waals surface area (Å²) in [6.07, 6.45) is 0. The second kappa shape index (κ2) is 7.21. The van der Waals surface area contributed by atoms with Crippen LogP contribution in [0.5, 0.6) is 5.75 Å². The van der Waals surface area contributed by atoms with Crippen molar-refractivity contribution in [1.29, 1.82) is 0 Å². The van der Waals surface area contributed by atoms with E-state index in [1.807, 2.05) is 19.1 Å². The van der Waals surface area contributed by atoms with E-state index < -0.39 is 0 Å². The third-order valence-electron chi connectivity index (χ3n) is 5.05. The average molecular weight is 369 g/mol. The lowest BCUT2D eigenvalue weighted by atomic mass is 10.1. The largest absolute Gasteiger partial charge is 0.497 e. The van der Waals surface area contributed by atoms with Crippen LogP contribution in [0, 0.1) is 6.92 Å². The fourth-order valence-electron chi connectivity index (χ4n) is 3.51. The molecule has 0 saturated carbocycles. The lowest BCUT2D eigenvalue weighted by molar-refractivity contribution is 0.270. The number of rotatable bonds is 4. The van der Waals surface area contributed by atoms with E-state index >= 15 is 0 Å². The molecular weight excluding hydrogens is 344 g/mol. The van der Waals surface area contributed by atoms with Crippen LogP contribution in [0.1, 0.15) is 12.7 Å². The van der Waals surface area contributed by atoms with Crippen molar-refractivity contribution in [2.24, 2.45) is 0 Å². The number of fused-ring (bicyclic) bond motifs is 1. The molecule has 1 aromatic carbocycles. The van der Waals surface area contributed by atoms with Gasteiger partial charge in [0.25, 0.3) is 0 Å². The number of ether oxygens (including phenoxy) is 1. The van der Waals surface area contributed by atoms with E-state index in [1.54, 1.807) is 18.4 Å². The third-order valence-corrected chi connectivity index (χ3v) is 5.92. The second-order valence-electron chi connectivity index (χ2n) is 6.57. The highest BCUT2D eigenvalue weighted by molar-refractivity contribution is 7.17. The molecule has 2 aromatic heterocycles. The zero-order chi connectivity index (χ0) is 18.1. The Hall–Kier alpha value is -2.18. The van der Waals surface area contributed by atoms with Gasteiger partial charge >= 0.3 is 0 Å². The Balaban J connectivity index is 1.78. The first-order valence-corrected chi connectivity index (χ1v) is 9.95. The minimum atomic E-state index is 0.841. The van der Waals surface area contributed by atoms with E-state index in [1.165, 1.54) is 16.5 Å². The van der Waals surface area contributed by atoms with Crippen LogP contribution in [0.3, 0.4) is 0 Å². The Morgan fingerprint density at radius 3 is 2.46 bits per heavy atom. The molecule has 0 aliphatic carbocycles. The Morgan fingerprint density at radius 1 is 1.08 bits per heavy atom. The maximum atomic E-state index is 5.29. The lowest BCUT2D eigenvalue weighted by Crippen LogP contribution is -2.46. The van der Waals surface area contributed by atoms with E-state index in [0.29, 0.717) is 0 Å². The van der Waals surface area contributed by atoms with Crippen molar-refractivity contribution in [3.8, 4) is 16.9 Å². The van der Waals surface area contributed by atoms with Gasteiger partial charge < -0.3 is 14.5 Å². The van der Waals surface area contributed by atoms with Crippen LogP contribution in [0.25, 0.3) is 21.3 Å². The van der Waals surface area contributed by atoms with Crippen LogP contribution in [-0.2, 0) is 0 Å². The monoisotopic (exact) mass is 368 g/mol. The third kappa shape index (κ3) is 3.15. The molecule has 0 N–H and O–H groups in total. The van der Waals surface area contributed by atoms with Crippen molar-refractivity contribution in [1.82, 2.24) is 14.9 Å². The van der Waals surface area contributed by atoms with Crippen molar-refractivity contribution in [3.63, 3.8) is 0 Å². The fraction of sp³-hybridized carbons (Fsp3) is 0.400. The number of likely N-dealkylation sites (N-methyl/N-ethyl adjacent to an activating group) is 1. The molecule has 1 saturated heterocycles. The summed E-state index contributed by atoms with van der Waals surface area (Å²) in [6.45, 7) is 9.52. The molecule has 0 atom stereocenters. The zero-order valence-corrected chi connectivity index (χ0v) is 16.3. The molecular formula is C20H24N4OS. The summed E-state index contributed by atoms with van der Waals surface area (Å²) in [5.41, 5.74) is 2.39. The van der Waals surface area contributed by atoms with E-state index in [2.05, 4.69) is 39.2 Å². The number of nitrogens with zero attached hydrogens (tertiary/aromatic N) is 4. The topological polar surface area (TPSA) is 41.5 Å². The minimum absolute atomic E-state index is 0.841. The van der Waals surface area contributed by atoms with Crippen molar-refractivity contribution in [3.05, 3.63) is 35.5 Å². The predicted octanol–water partition coefficient (Wildman–Crippen LogP) is 3.82. The van der Waals surface area contributed by atoms with E-state index in [9.17, 15) is 0 Å². The number of aromatic nitrogens is 2.